The highest BCUT2D eigenvalue weighted by Gasteiger charge is 2.33. The van der Waals surface area contributed by atoms with E-state index in [4.69, 9.17) is 10.2 Å². The van der Waals surface area contributed by atoms with Gasteiger partial charge < -0.3 is 20.4 Å². The predicted octanol–water partition coefficient (Wildman–Crippen LogP) is 1.40. The van der Waals surface area contributed by atoms with Gasteiger partial charge in [-0.1, -0.05) is 25.1 Å². The summed E-state index contributed by atoms with van der Waals surface area (Å²) in [5.74, 6) is -0.728. The number of benzene rings is 1. The van der Waals surface area contributed by atoms with Crippen LogP contribution in [0.3, 0.4) is 0 Å². The van der Waals surface area contributed by atoms with Gasteiger partial charge >= 0.3 is 11.9 Å². The highest BCUT2D eigenvalue weighted by atomic mass is 16.4. The van der Waals surface area contributed by atoms with Crippen molar-refractivity contribution in [3.05, 3.63) is 42.0 Å². The molecule has 2 unspecified atom stereocenters. The van der Waals surface area contributed by atoms with Gasteiger partial charge in [0.15, 0.2) is 0 Å². The smallest absolute Gasteiger partial charge is 0.328 e. The van der Waals surface area contributed by atoms with Gasteiger partial charge in [0.05, 0.1) is 12.6 Å². The van der Waals surface area contributed by atoms with E-state index in [1.54, 1.807) is 0 Å². The van der Waals surface area contributed by atoms with Crippen molar-refractivity contribution in [3.63, 3.8) is 0 Å². The van der Waals surface area contributed by atoms with Crippen LogP contribution in [0, 0.1) is 5.92 Å². The summed E-state index contributed by atoms with van der Waals surface area (Å²) >= 11 is 0. The van der Waals surface area contributed by atoms with E-state index in [1.807, 2.05) is 0 Å². The molecule has 0 saturated heterocycles. The Labute approximate surface area is 146 Å². The third-order valence-electron chi connectivity index (χ3n) is 4.22. The fraction of sp³-hybridized carbons (Fsp3) is 0.389. The second-order valence-corrected chi connectivity index (χ2v) is 6.07. The summed E-state index contributed by atoms with van der Waals surface area (Å²) < 4.78 is 0. The van der Waals surface area contributed by atoms with Crippen molar-refractivity contribution >= 4 is 23.5 Å². The van der Waals surface area contributed by atoms with Gasteiger partial charge in [-0.25, -0.2) is 9.59 Å². The molecule has 7 heteroatoms. The predicted molar refractivity (Wildman–Crippen MR) is 96.2 cm³/mol. The molecule has 0 aromatic heterocycles. The molecular formula is C18H23N3O4. The molecule has 2 atom stereocenters. The molecular weight excluding hydrogens is 322 g/mol. The van der Waals surface area contributed by atoms with Crippen LogP contribution in [0.2, 0.25) is 0 Å². The van der Waals surface area contributed by atoms with E-state index >= 15 is 0 Å². The van der Waals surface area contributed by atoms with Crippen LogP contribution in [-0.2, 0) is 16.0 Å². The molecule has 7 nitrogen and oxygen atoms in total. The standard InChI is InChI=1S/C14H19N3.C4H4O4/c1-10-9-11-5-3-4-6-12(11)17(2)13(10)14-15-7-8-16-14;5-3(6)1-2-4(7)8/h3-6,10,13H,7-9H2,1-2H3,(H,15,16);1-2H,(H,5,6)(H,7,8). The number of amidine groups is 1. The second kappa shape index (κ2) is 8.32. The van der Waals surface area contributed by atoms with Crippen molar-refractivity contribution in [1.82, 2.24) is 5.32 Å². The molecule has 0 bridgehead atoms. The summed E-state index contributed by atoms with van der Waals surface area (Å²) in [4.78, 5) is 26.1. The van der Waals surface area contributed by atoms with E-state index in [2.05, 4.69) is 53.4 Å². The number of para-hydroxylation sites is 1. The van der Waals surface area contributed by atoms with Gasteiger partial charge in [0, 0.05) is 31.4 Å². The Morgan fingerprint density at radius 3 is 2.44 bits per heavy atom. The van der Waals surface area contributed by atoms with Crippen molar-refractivity contribution in [3.8, 4) is 0 Å². The minimum Gasteiger partial charge on any atom is -0.478 e. The lowest BCUT2D eigenvalue weighted by molar-refractivity contribution is -0.134. The van der Waals surface area contributed by atoms with Gasteiger partial charge in [-0.15, -0.1) is 0 Å². The van der Waals surface area contributed by atoms with Crippen molar-refractivity contribution in [2.24, 2.45) is 10.9 Å². The Balaban J connectivity index is 0.000000242. The SMILES string of the molecule is CC1Cc2ccccc2N(C)C1C1=NCCN1.O=C(O)C=CC(=O)O. The van der Waals surface area contributed by atoms with Gasteiger partial charge in [0.1, 0.15) is 5.84 Å². The van der Waals surface area contributed by atoms with Crippen molar-refractivity contribution < 1.29 is 19.8 Å². The average Bonchev–Trinajstić information content (AvgIpc) is 3.08. The van der Waals surface area contributed by atoms with Crippen molar-refractivity contribution in [2.75, 3.05) is 25.0 Å². The first-order valence-electron chi connectivity index (χ1n) is 8.13. The molecule has 134 valence electrons. The molecule has 0 aliphatic carbocycles. The number of carbonyl (C=O) groups is 2. The summed E-state index contributed by atoms with van der Waals surface area (Å²) in [5.41, 5.74) is 2.81. The van der Waals surface area contributed by atoms with E-state index in [9.17, 15) is 9.59 Å². The lowest BCUT2D eigenvalue weighted by Crippen LogP contribution is -2.50. The maximum absolute atomic E-state index is 9.55. The Bertz CT molecular complexity index is 683. The second-order valence-electron chi connectivity index (χ2n) is 6.07. The molecule has 0 spiro atoms. The van der Waals surface area contributed by atoms with Crippen LogP contribution in [0.5, 0.6) is 0 Å². The van der Waals surface area contributed by atoms with E-state index in [0.717, 1.165) is 19.5 Å². The fourth-order valence-electron chi connectivity index (χ4n) is 3.23. The first kappa shape index (κ1) is 18.5. The number of likely N-dealkylation sites (N-methyl/N-ethyl adjacent to an activating group) is 1. The summed E-state index contributed by atoms with van der Waals surface area (Å²) in [6.07, 6.45) is 2.26. The summed E-state index contributed by atoms with van der Waals surface area (Å²) in [7, 11) is 2.18. The van der Waals surface area contributed by atoms with E-state index in [1.165, 1.54) is 17.1 Å². The number of aliphatic imine (C=N–C) groups is 1. The minimum atomic E-state index is -1.26. The number of hydrogen-bond acceptors (Lipinski definition) is 5. The Morgan fingerprint density at radius 1 is 1.24 bits per heavy atom. The van der Waals surface area contributed by atoms with Crippen LogP contribution in [0.25, 0.3) is 0 Å². The van der Waals surface area contributed by atoms with Crippen LogP contribution >= 0.6 is 0 Å². The molecule has 3 rings (SSSR count). The summed E-state index contributed by atoms with van der Waals surface area (Å²) in [5, 5.41) is 19.1. The molecule has 0 amide bonds. The zero-order valence-corrected chi connectivity index (χ0v) is 14.3. The molecule has 2 aliphatic rings. The third kappa shape index (κ3) is 4.82. The van der Waals surface area contributed by atoms with Crippen LogP contribution < -0.4 is 10.2 Å². The Kier molecular flexibility index (Phi) is 6.16. The van der Waals surface area contributed by atoms with Gasteiger partial charge in [0.2, 0.25) is 0 Å². The molecule has 3 N–H and O–H groups in total. The maximum atomic E-state index is 9.55. The average molecular weight is 345 g/mol. The van der Waals surface area contributed by atoms with Crippen molar-refractivity contribution in [2.45, 2.75) is 19.4 Å². The number of rotatable bonds is 3. The molecule has 1 aromatic rings. The zero-order valence-electron chi connectivity index (χ0n) is 14.3. The monoisotopic (exact) mass is 345 g/mol. The van der Waals surface area contributed by atoms with Crippen LogP contribution in [-0.4, -0.2) is 54.2 Å². The maximum Gasteiger partial charge on any atom is 0.328 e. The molecule has 0 radical (unpaired) electrons. The first-order valence-corrected chi connectivity index (χ1v) is 8.13. The van der Waals surface area contributed by atoms with E-state index in [-0.39, 0.29) is 0 Å². The zero-order chi connectivity index (χ0) is 18.4. The van der Waals surface area contributed by atoms with E-state index < -0.39 is 11.9 Å². The fourth-order valence-corrected chi connectivity index (χ4v) is 3.23. The van der Waals surface area contributed by atoms with Crippen LogP contribution in [0.1, 0.15) is 12.5 Å². The number of hydrogen-bond donors (Lipinski definition) is 3. The topological polar surface area (TPSA) is 102 Å². The lowest BCUT2D eigenvalue weighted by Gasteiger charge is -2.40. The Hall–Kier alpha value is -2.83. The normalized spacial score (nSPS) is 21.7. The summed E-state index contributed by atoms with van der Waals surface area (Å²) in [6.45, 7) is 4.24. The Morgan fingerprint density at radius 2 is 1.88 bits per heavy atom. The minimum absolute atomic E-state index is 0.410. The number of carboxylic acids is 2. The van der Waals surface area contributed by atoms with Crippen molar-refractivity contribution in [1.29, 1.82) is 0 Å². The number of fused-ring (bicyclic) bond motifs is 1. The lowest BCUT2D eigenvalue weighted by atomic mass is 9.86. The third-order valence-corrected chi connectivity index (χ3v) is 4.22. The molecule has 1 aromatic carbocycles. The molecule has 0 fully saturated rings. The number of aliphatic carboxylic acids is 2. The number of nitrogens with zero attached hydrogens (tertiary/aromatic N) is 2. The van der Waals surface area contributed by atoms with Crippen LogP contribution in [0.4, 0.5) is 5.69 Å². The molecule has 25 heavy (non-hydrogen) atoms. The number of anilines is 1. The van der Waals surface area contributed by atoms with Gasteiger partial charge in [-0.3, -0.25) is 4.99 Å². The first-order chi connectivity index (χ1) is 11.9. The number of carboxylic acid groups (broad SMARTS) is 2. The largest absolute Gasteiger partial charge is 0.478 e. The quantitative estimate of drug-likeness (QED) is 0.716. The molecule has 2 heterocycles. The van der Waals surface area contributed by atoms with Gasteiger partial charge in [-0.05, 0) is 24.0 Å². The van der Waals surface area contributed by atoms with Crippen LogP contribution in [0.15, 0.2) is 41.4 Å². The molecule has 0 saturated carbocycles. The number of nitrogens with one attached hydrogen (secondary N) is 1. The summed E-state index contributed by atoms with van der Waals surface area (Å²) in [6, 6.07) is 9.11. The molecule has 2 aliphatic heterocycles. The van der Waals surface area contributed by atoms with Gasteiger partial charge in [0.25, 0.3) is 0 Å². The van der Waals surface area contributed by atoms with Gasteiger partial charge in [-0.2, -0.15) is 0 Å². The highest BCUT2D eigenvalue weighted by Crippen LogP contribution is 2.33. The highest BCUT2D eigenvalue weighted by molar-refractivity contribution is 5.92. The van der Waals surface area contributed by atoms with E-state index in [0.29, 0.717) is 24.1 Å².